The van der Waals surface area contributed by atoms with Crippen LogP contribution in [0.2, 0.25) is 0 Å². The van der Waals surface area contributed by atoms with Crippen molar-refractivity contribution < 1.29 is 17.4 Å². The zero-order chi connectivity index (χ0) is 14.1. The topological polar surface area (TPSA) is 107 Å². The fraction of sp³-hybridized carbons (Fsp3) is 0.400. The van der Waals surface area contributed by atoms with E-state index in [1.165, 1.54) is 12.1 Å². The highest BCUT2D eigenvalue weighted by Crippen LogP contribution is 2.21. The third-order valence-electron chi connectivity index (χ3n) is 3.22. The summed E-state index contributed by atoms with van der Waals surface area (Å²) in [6.45, 7) is -0.0124. The second-order valence-corrected chi connectivity index (χ2v) is 6.53. The van der Waals surface area contributed by atoms with E-state index in [9.17, 15) is 18.5 Å². The summed E-state index contributed by atoms with van der Waals surface area (Å²) in [6, 6.07) is 7.90. The molecule has 0 aromatic heterocycles. The third kappa shape index (κ3) is 2.39. The van der Waals surface area contributed by atoms with E-state index in [0.717, 1.165) is 5.01 Å². The van der Waals surface area contributed by atoms with Crippen LogP contribution in [0.4, 0.5) is 0 Å². The Balaban J connectivity index is 2.25. The number of hydrogen-bond acceptors (Lipinski definition) is 5. The van der Waals surface area contributed by atoms with Gasteiger partial charge in [-0.3, -0.25) is 0 Å². The molecule has 2 N–H and O–H groups in total. The Morgan fingerprint density at radius 1 is 1.21 bits per heavy atom. The van der Waals surface area contributed by atoms with Crippen molar-refractivity contribution in [2.75, 3.05) is 26.2 Å². The highest BCUT2D eigenvalue weighted by atomic mass is 32.2. The average molecular weight is 287 g/mol. The highest BCUT2D eigenvalue weighted by Gasteiger charge is 2.45. The lowest BCUT2D eigenvalue weighted by atomic mass is 10.4. The number of rotatable bonds is 3. The first-order valence-electron chi connectivity index (χ1n) is 5.72. The van der Waals surface area contributed by atoms with Crippen LogP contribution in [0.25, 0.3) is 0 Å². The van der Waals surface area contributed by atoms with Gasteiger partial charge in [-0.15, -0.1) is 9.01 Å². The molecule has 1 heterocycles. The molecule has 8 nitrogen and oxygen atoms in total. The van der Waals surface area contributed by atoms with Crippen LogP contribution in [0, 0.1) is 10.1 Å². The summed E-state index contributed by atoms with van der Waals surface area (Å²) in [5, 5.41) is 11.1. The van der Waals surface area contributed by atoms with Crippen LogP contribution in [-0.2, 0) is 10.0 Å². The van der Waals surface area contributed by atoms with Crippen LogP contribution in [0.5, 0.6) is 0 Å². The van der Waals surface area contributed by atoms with Gasteiger partial charge in [0.05, 0.1) is 0 Å². The van der Waals surface area contributed by atoms with Crippen LogP contribution in [0.15, 0.2) is 35.2 Å². The summed E-state index contributed by atoms with van der Waals surface area (Å²) in [5.74, 6) is 5.93. The van der Waals surface area contributed by atoms with Gasteiger partial charge in [0, 0.05) is 0 Å². The highest BCUT2D eigenvalue weighted by molar-refractivity contribution is 7.85. The Labute approximate surface area is 110 Å². The van der Waals surface area contributed by atoms with Crippen molar-refractivity contribution >= 4 is 10.0 Å². The largest absolute Gasteiger partial charge is 0.345 e. The van der Waals surface area contributed by atoms with Gasteiger partial charge in [-0.1, -0.05) is 18.2 Å². The van der Waals surface area contributed by atoms with Gasteiger partial charge >= 0.3 is 10.0 Å². The van der Waals surface area contributed by atoms with Crippen molar-refractivity contribution in [3.8, 4) is 0 Å². The monoisotopic (exact) mass is 287 g/mol. The van der Waals surface area contributed by atoms with Gasteiger partial charge in [-0.2, -0.15) is 14.3 Å². The molecule has 0 bridgehead atoms. The van der Waals surface area contributed by atoms with E-state index in [0.29, 0.717) is 0 Å². The fourth-order valence-corrected chi connectivity index (χ4v) is 3.56. The molecule has 0 amide bonds. The van der Waals surface area contributed by atoms with E-state index in [1.807, 2.05) is 0 Å². The van der Waals surface area contributed by atoms with Crippen molar-refractivity contribution in [2.45, 2.75) is 4.90 Å². The second kappa shape index (κ2) is 4.76. The average Bonchev–Trinajstić information content (AvgIpc) is 2.40. The van der Waals surface area contributed by atoms with Crippen molar-refractivity contribution in [2.24, 2.45) is 5.84 Å². The first kappa shape index (κ1) is 13.7. The maximum atomic E-state index is 12.4. The molecule has 9 heteroatoms. The number of hydrazine groups is 1. The lowest BCUT2D eigenvalue weighted by Crippen LogP contribution is -2.66. The summed E-state index contributed by atoms with van der Waals surface area (Å²) in [6.07, 6.45) is 0. The van der Waals surface area contributed by atoms with Gasteiger partial charge in [0.15, 0.2) is 5.03 Å². The minimum absolute atomic E-state index is 0.00949. The lowest BCUT2D eigenvalue weighted by molar-refractivity contribution is -0.840. The van der Waals surface area contributed by atoms with Crippen molar-refractivity contribution in [1.82, 2.24) is 5.01 Å². The van der Waals surface area contributed by atoms with E-state index < -0.39 is 19.1 Å². The number of piperazine rings is 1. The van der Waals surface area contributed by atoms with Crippen LogP contribution in [-0.4, -0.2) is 48.6 Å². The molecule has 0 saturated carbocycles. The van der Waals surface area contributed by atoms with Crippen LogP contribution in [0.1, 0.15) is 0 Å². The van der Waals surface area contributed by atoms with Gasteiger partial charge in [0.2, 0.25) is 0 Å². The van der Waals surface area contributed by atoms with E-state index in [2.05, 4.69) is 0 Å². The molecule has 2 rings (SSSR count). The van der Waals surface area contributed by atoms with Gasteiger partial charge in [0.1, 0.15) is 31.1 Å². The summed E-state index contributed by atoms with van der Waals surface area (Å²) in [4.78, 5) is 10.8. The molecule has 104 valence electrons. The first-order valence-corrected chi connectivity index (χ1v) is 7.16. The first-order chi connectivity index (χ1) is 8.87. The van der Waals surface area contributed by atoms with E-state index in [-0.39, 0.29) is 31.1 Å². The molecule has 1 fully saturated rings. The summed E-state index contributed by atoms with van der Waals surface area (Å²) < 4.78 is 24.2. The molecule has 1 aromatic carbocycles. The summed E-state index contributed by atoms with van der Waals surface area (Å²) >= 11 is 0. The Morgan fingerprint density at radius 2 is 1.74 bits per heavy atom. The predicted molar refractivity (Wildman–Crippen MR) is 66.4 cm³/mol. The molecule has 1 saturated heterocycles. The molecule has 0 unspecified atom stereocenters. The fourth-order valence-electron chi connectivity index (χ4n) is 2.00. The van der Waals surface area contributed by atoms with E-state index in [4.69, 9.17) is 5.84 Å². The molecule has 1 aromatic rings. The van der Waals surface area contributed by atoms with Crippen LogP contribution >= 0.6 is 0 Å². The minimum atomic E-state index is -3.74. The van der Waals surface area contributed by atoms with E-state index in [1.54, 1.807) is 18.2 Å². The smallest absolute Gasteiger partial charge is 0.235 e. The number of nitrogens with zero attached hydrogens (tertiary/aromatic N) is 3. The maximum Gasteiger partial charge on any atom is 0.345 e. The third-order valence-corrected chi connectivity index (χ3v) is 5.41. The van der Waals surface area contributed by atoms with Crippen LogP contribution < -0.4 is 5.84 Å². The van der Waals surface area contributed by atoms with Crippen molar-refractivity contribution in [3.63, 3.8) is 0 Å². The van der Waals surface area contributed by atoms with Gasteiger partial charge < -0.3 is 0 Å². The molecular weight excluding hydrogens is 272 g/mol. The molecular formula is C10H15N4O4S+. The number of hydrogen-bond donors (Lipinski definition) is 1. The zero-order valence-electron chi connectivity index (χ0n) is 10.2. The number of benzene rings is 1. The molecule has 19 heavy (non-hydrogen) atoms. The standard InChI is InChI=1S/C10H15N4O4S/c11-14(8-6-12(7-9-14)13(15)16)19(17,18)10-4-2-1-3-5-10/h1-5H,6-9,11H2/q+1. The Morgan fingerprint density at radius 3 is 2.21 bits per heavy atom. The summed E-state index contributed by atoms with van der Waals surface area (Å²) in [5.41, 5.74) is 0. The minimum Gasteiger partial charge on any atom is -0.235 e. The van der Waals surface area contributed by atoms with Crippen molar-refractivity contribution in [3.05, 3.63) is 40.4 Å². The van der Waals surface area contributed by atoms with Gasteiger partial charge in [-0.25, -0.2) is 10.1 Å². The molecule has 0 aliphatic carbocycles. The number of quaternary nitrogens is 1. The molecule has 1 aliphatic heterocycles. The van der Waals surface area contributed by atoms with E-state index >= 15 is 0 Å². The number of sulfonamides is 1. The molecule has 0 atom stereocenters. The van der Waals surface area contributed by atoms with Gasteiger partial charge in [-0.05, 0) is 12.1 Å². The predicted octanol–water partition coefficient (Wildman–Crippen LogP) is -0.427. The molecule has 0 spiro atoms. The lowest BCUT2D eigenvalue weighted by Gasteiger charge is -2.35. The van der Waals surface area contributed by atoms with Gasteiger partial charge in [0.25, 0.3) is 0 Å². The quantitative estimate of drug-likeness (QED) is 0.350. The number of nitro groups is 1. The summed E-state index contributed by atoms with van der Waals surface area (Å²) in [7, 11) is -3.74. The Bertz CT molecular complexity index is 566. The second-order valence-electron chi connectivity index (χ2n) is 4.38. The number of nitrogens with two attached hydrogens (primary N) is 1. The Kier molecular flexibility index (Phi) is 3.43. The molecule has 0 radical (unpaired) electrons. The maximum absolute atomic E-state index is 12.4. The normalized spacial score (nSPS) is 19.1. The SMILES string of the molecule is N[N+]1(S(=O)(=O)c2ccccc2)CCN([N+](=O)[O-])CC1. The van der Waals surface area contributed by atoms with Crippen LogP contribution in [0.3, 0.4) is 0 Å². The molecule has 1 aliphatic rings. The Hall–Kier alpha value is -1.71. The van der Waals surface area contributed by atoms with Crippen molar-refractivity contribution in [1.29, 1.82) is 0 Å². The zero-order valence-corrected chi connectivity index (χ0v) is 11.0.